The van der Waals surface area contributed by atoms with Crippen molar-refractivity contribution in [2.24, 2.45) is 5.73 Å². The van der Waals surface area contributed by atoms with Crippen molar-refractivity contribution in [3.05, 3.63) is 73.9 Å². The van der Waals surface area contributed by atoms with E-state index in [0.717, 1.165) is 18.2 Å². The summed E-state index contributed by atoms with van der Waals surface area (Å²) in [5, 5.41) is 1.39. The molecule has 30 heavy (non-hydrogen) atoms. The maximum Gasteiger partial charge on any atom is 0.293 e. The average Bonchev–Trinajstić information content (AvgIpc) is 3.30. The van der Waals surface area contributed by atoms with Crippen molar-refractivity contribution in [1.82, 2.24) is 9.72 Å². The highest BCUT2D eigenvalue weighted by Gasteiger charge is 2.31. The molecule has 1 aliphatic rings. The molecule has 0 radical (unpaired) electrons. The predicted octanol–water partition coefficient (Wildman–Crippen LogP) is 3.44. The van der Waals surface area contributed by atoms with E-state index in [4.69, 9.17) is 10.3 Å². The van der Waals surface area contributed by atoms with Gasteiger partial charge in [0.15, 0.2) is 11.2 Å². The molecule has 5 rings (SSSR count). The molecule has 3 N–H and O–H groups in total. The Balaban J connectivity index is 1.96. The van der Waals surface area contributed by atoms with Crippen LogP contribution in [0.3, 0.4) is 0 Å². The molecule has 4 aromatic rings. The van der Waals surface area contributed by atoms with Crippen LogP contribution in [0.1, 0.15) is 30.7 Å². The molecule has 0 amide bonds. The quantitative estimate of drug-likeness (QED) is 0.525. The van der Waals surface area contributed by atoms with Gasteiger partial charge in [0, 0.05) is 17.3 Å². The zero-order chi connectivity index (χ0) is 21.2. The molecule has 2 aromatic carbocycles. The molecule has 2 aromatic heterocycles. The van der Waals surface area contributed by atoms with Crippen molar-refractivity contribution in [2.45, 2.75) is 31.2 Å². The van der Waals surface area contributed by atoms with Gasteiger partial charge in [-0.1, -0.05) is 0 Å². The first-order valence-electron chi connectivity index (χ1n) is 9.46. The van der Waals surface area contributed by atoms with E-state index >= 15 is 4.39 Å². The summed E-state index contributed by atoms with van der Waals surface area (Å²) in [4.78, 5) is 25.0. The van der Waals surface area contributed by atoms with Crippen molar-refractivity contribution in [3.63, 3.8) is 0 Å². The Bertz CT molecular complexity index is 1420. The Kier molecular flexibility index (Phi) is 4.11. The van der Waals surface area contributed by atoms with Gasteiger partial charge in [0.1, 0.15) is 11.6 Å². The number of nitrogens with one attached hydrogen (secondary N) is 1. The van der Waals surface area contributed by atoms with Crippen molar-refractivity contribution < 1.29 is 17.7 Å². The third-order valence-corrected chi connectivity index (χ3v) is 5.77. The van der Waals surface area contributed by atoms with Crippen molar-refractivity contribution >= 4 is 22.0 Å². The number of pyridine rings is 1. The van der Waals surface area contributed by atoms with Gasteiger partial charge in [-0.3, -0.25) is 14.2 Å². The molecule has 154 valence electrons. The minimum absolute atomic E-state index is 0.150. The van der Waals surface area contributed by atoms with Crippen LogP contribution in [0.5, 0.6) is 0 Å². The summed E-state index contributed by atoms with van der Waals surface area (Å²) in [6.07, 6.45) is 1.57. The lowest BCUT2D eigenvalue weighted by atomic mass is 9.94. The van der Waals surface area contributed by atoms with Gasteiger partial charge in [0.2, 0.25) is 11.1 Å². The standard InChI is InChI=1S/C21H16F3N3O3/c22-10-2-5-12(6-3-10)27-18-13(19(28)16-20(29)26-30-21(16)27)8-14(23)15(17(18)24)9-1-4-11(25)7-9/h2-3,5-6,8-9,11H,1,4,7,25H2,(H,26,29). The summed E-state index contributed by atoms with van der Waals surface area (Å²) in [6.45, 7) is 0. The van der Waals surface area contributed by atoms with Gasteiger partial charge in [-0.05, 0) is 55.5 Å². The van der Waals surface area contributed by atoms with Crippen LogP contribution in [0.15, 0.2) is 44.4 Å². The maximum absolute atomic E-state index is 15.8. The Morgan fingerprint density at radius 2 is 1.83 bits per heavy atom. The second-order valence-corrected chi connectivity index (χ2v) is 7.61. The van der Waals surface area contributed by atoms with Crippen molar-refractivity contribution in [1.29, 1.82) is 0 Å². The fourth-order valence-electron chi connectivity index (χ4n) is 4.39. The first kappa shape index (κ1) is 18.7. The predicted molar refractivity (Wildman–Crippen MR) is 104 cm³/mol. The second-order valence-electron chi connectivity index (χ2n) is 7.61. The Hall–Kier alpha value is -3.33. The molecule has 1 saturated carbocycles. The van der Waals surface area contributed by atoms with Gasteiger partial charge >= 0.3 is 0 Å². The van der Waals surface area contributed by atoms with Gasteiger partial charge in [0.25, 0.3) is 5.56 Å². The highest BCUT2D eigenvalue weighted by atomic mass is 19.1. The smallest absolute Gasteiger partial charge is 0.293 e. The zero-order valence-electron chi connectivity index (χ0n) is 15.5. The molecule has 0 saturated heterocycles. The fraction of sp³-hybridized carbons (Fsp3) is 0.238. The summed E-state index contributed by atoms with van der Waals surface area (Å²) in [7, 11) is 0. The molecule has 2 heterocycles. The molecule has 0 aliphatic heterocycles. The van der Waals surface area contributed by atoms with Gasteiger partial charge in [-0.2, -0.15) is 5.16 Å². The van der Waals surface area contributed by atoms with E-state index in [2.05, 4.69) is 5.16 Å². The van der Waals surface area contributed by atoms with E-state index in [1.54, 1.807) is 0 Å². The number of aromatic nitrogens is 2. The topological polar surface area (TPSA) is 94.0 Å². The Morgan fingerprint density at radius 3 is 2.50 bits per heavy atom. The van der Waals surface area contributed by atoms with Crippen LogP contribution < -0.4 is 16.7 Å². The zero-order valence-corrected chi connectivity index (χ0v) is 15.5. The number of benzene rings is 2. The third kappa shape index (κ3) is 2.62. The molecule has 2 atom stereocenters. The lowest BCUT2D eigenvalue weighted by molar-refractivity contribution is 0.436. The second kappa shape index (κ2) is 6.60. The third-order valence-electron chi connectivity index (χ3n) is 5.77. The number of hydrogen-bond donors (Lipinski definition) is 2. The van der Waals surface area contributed by atoms with E-state index < -0.39 is 34.4 Å². The number of hydrogen-bond acceptors (Lipinski definition) is 4. The molecule has 9 heteroatoms. The number of H-pyrrole nitrogens is 1. The van der Waals surface area contributed by atoms with E-state index in [0.29, 0.717) is 19.3 Å². The fourth-order valence-corrected chi connectivity index (χ4v) is 4.39. The van der Waals surface area contributed by atoms with E-state index in [-0.39, 0.29) is 39.3 Å². The molecule has 1 fully saturated rings. The number of halogens is 3. The van der Waals surface area contributed by atoms with Crippen LogP contribution in [-0.2, 0) is 0 Å². The van der Waals surface area contributed by atoms with Gasteiger partial charge in [0.05, 0.1) is 10.9 Å². The van der Waals surface area contributed by atoms with Crippen LogP contribution in [0, 0.1) is 17.5 Å². The first-order valence-corrected chi connectivity index (χ1v) is 9.46. The monoisotopic (exact) mass is 415 g/mol. The molecule has 6 nitrogen and oxygen atoms in total. The minimum atomic E-state index is -0.920. The number of rotatable bonds is 2. The van der Waals surface area contributed by atoms with Gasteiger partial charge in [-0.15, -0.1) is 0 Å². The highest BCUT2D eigenvalue weighted by Crippen LogP contribution is 2.39. The Labute approximate surface area is 166 Å². The van der Waals surface area contributed by atoms with Gasteiger partial charge < -0.3 is 10.3 Å². The van der Waals surface area contributed by atoms with E-state index in [1.807, 2.05) is 0 Å². The lowest BCUT2D eigenvalue weighted by Crippen LogP contribution is -2.18. The maximum atomic E-state index is 15.8. The lowest BCUT2D eigenvalue weighted by Gasteiger charge is -2.18. The summed E-state index contributed by atoms with van der Waals surface area (Å²) in [5.74, 6) is -2.74. The summed E-state index contributed by atoms with van der Waals surface area (Å²) >= 11 is 0. The van der Waals surface area contributed by atoms with Gasteiger partial charge in [-0.25, -0.2) is 13.2 Å². The number of nitrogens with zero attached hydrogens (tertiary/aromatic N) is 1. The SMILES string of the molecule is NC1CCC(c2c(F)cc3c(=O)c4c(=O)[nH]oc4n(-c4ccc(F)cc4)c3c2F)C1. The Morgan fingerprint density at radius 1 is 1.10 bits per heavy atom. The summed E-state index contributed by atoms with van der Waals surface area (Å²) in [6, 6.07) is 5.78. The van der Waals surface area contributed by atoms with Crippen LogP contribution in [0.25, 0.3) is 27.7 Å². The van der Waals surface area contributed by atoms with Crippen LogP contribution in [-0.4, -0.2) is 15.8 Å². The number of nitrogens with two attached hydrogens (primary N) is 1. The number of fused-ring (bicyclic) bond motifs is 2. The normalized spacial score (nSPS) is 19.2. The molecule has 1 aliphatic carbocycles. The van der Waals surface area contributed by atoms with E-state index in [9.17, 15) is 18.4 Å². The average molecular weight is 415 g/mol. The molecule has 0 bridgehead atoms. The van der Waals surface area contributed by atoms with Crippen LogP contribution in [0.2, 0.25) is 0 Å². The highest BCUT2D eigenvalue weighted by molar-refractivity contribution is 5.93. The molecular weight excluding hydrogens is 399 g/mol. The van der Waals surface area contributed by atoms with Crippen LogP contribution in [0.4, 0.5) is 13.2 Å². The molecule has 2 unspecified atom stereocenters. The largest absolute Gasteiger partial charge is 0.359 e. The van der Waals surface area contributed by atoms with E-state index in [1.165, 1.54) is 16.7 Å². The first-order chi connectivity index (χ1) is 14.4. The summed E-state index contributed by atoms with van der Waals surface area (Å²) < 4.78 is 50.6. The van der Waals surface area contributed by atoms with Crippen molar-refractivity contribution in [2.75, 3.05) is 0 Å². The summed E-state index contributed by atoms with van der Waals surface area (Å²) in [5.41, 5.74) is 3.88. The molecular formula is C21H16F3N3O3. The molecule has 0 spiro atoms. The van der Waals surface area contributed by atoms with Crippen LogP contribution >= 0.6 is 0 Å². The number of aromatic amines is 1. The minimum Gasteiger partial charge on any atom is -0.359 e. The van der Waals surface area contributed by atoms with Crippen molar-refractivity contribution in [3.8, 4) is 5.69 Å².